The number of amides is 1. The summed E-state index contributed by atoms with van der Waals surface area (Å²) in [5.74, 6) is -1.47. The third kappa shape index (κ3) is 3.44. The number of carboxylic acids is 1. The summed E-state index contributed by atoms with van der Waals surface area (Å²) in [4.78, 5) is 27.3. The van der Waals surface area contributed by atoms with E-state index in [1.165, 1.54) is 24.3 Å². The number of carbonyl (C=O) groups excluding carboxylic acids is 1. The zero-order chi connectivity index (χ0) is 15.3. The predicted molar refractivity (Wildman–Crippen MR) is 74.2 cm³/mol. The molecule has 0 radical (unpaired) electrons. The van der Waals surface area contributed by atoms with Crippen LogP contribution in [0.25, 0.3) is 0 Å². The number of rotatable bonds is 6. The fourth-order valence-corrected chi connectivity index (χ4v) is 1.93. The quantitative estimate of drug-likeness (QED) is 0.819. The average Bonchev–Trinajstić information content (AvgIpc) is 2.99. The van der Waals surface area contributed by atoms with Crippen molar-refractivity contribution in [3.05, 3.63) is 48.5 Å². The summed E-state index contributed by atoms with van der Waals surface area (Å²) in [6, 6.07) is 8.60. The van der Waals surface area contributed by atoms with Crippen LogP contribution in [-0.4, -0.2) is 31.7 Å². The van der Waals surface area contributed by atoms with Gasteiger partial charge in [-0.15, -0.1) is 0 Å². The fraction of sp³-hybridized carbons (Fsp3) is 0.286. The molecular weight excluding hydrogens is 272 g/mol. The molecule has 1 aromatic carbocycles. The first kappa shape index (κ1) is 14.7. The van der Waals surface area contributed by atoms with E-state index < -0.39 is 11.5 Å². The minimum atomic E-state index is -1.46. The third-order valence-corrected chi connectivity index (χ3v) is 3.20. The number of nitrogens with zero attached hydrogens (tertiary/aromatic N) is 3. The number of carbonyl (C=O) groups is 2. The molecule has 0 aliphatic heterocycles. The molecular formula is C14H16N4O3. The molecule has 0 aliphatic rings. The Bertz CT molecular complexity index is 612. The fourth-order valence-electron chi connectivity index (χ4n) is 1.93. The first-order chi connectivity index (χ1) is 10.0. The highest BCUT2D eigenvalue weighted by molar-refractivity contribution is 5.87. The van der Waals surface area contributed by atoms with Crippen LogP contribution >= 0.6 is 0 Å². The van der Waals surface area contributed by atoms with Crippen molar-refractivity contribution in [3.63, 3.8) is 0 Å². The lowest BCUT2D eigenvalue weighted by atomic mass is 9.92. The molecule has 0 bridgehead atoms. The molecule has 21 heavy (non-hydrogen) atoms. The lowest BCUT2D eigenvalue weighted by Crippen LogP contribution is -2.49. The maximum absolute atomic E-state index is 12.0. The van der Waals surface area contributed by atoms with Crippen molar-refractivity contribution in [2.75, 3.05) is 0 Å². The highest BCUT2D eigenvalue weighted by Crippen LogP contribution is 2.21. The molecule has 1 atom stereocenters. The second-order valence-corrected chi connectivity index (χ2v) is 4.75. The van der Waals surface area contributed by atoms with Gasteiger partial charge in [0.1, 0.15) is 12.7 Å². The van der Waals surface area contributed by atoms with Gasteiger partial charge >= 0.3 is 5.97 Å². The van der Waals surface area contributed by atoms with Crippen molar-refractivity contribution < 1.29 is 14.7 Å². The van der Waals surface area contributed by atoms with E-state index in [0.717, 1.165) is 0 Å². The molecule has 2 aromatic rings. The number of aliphatic carboxylic acids is 1. The maximum atomic E-state index is 12.0. The van der Waals surface area contributed by atoms with Crippen molar-refractivity contribution >= 4 is 11.9 Å². The number of benzene rings is 1. The lowest BCUT2D eigenvalue weighted by molar-refractivity contribution is -0.147. The van der Waals surface area contributed by atoms with Gasteiger partial charge in [0.25, 0.3) is 0 Å². The molecule has 0 aliphatic carbocycles. The van der Waals surface area contributed by atoms with Crippen molar-refractivity contribution in [3.8, 4) is 0 Å². The Morgan fingerprint density at radius 1 is 1.33 bits per heavy atom. The van der Waals surface area contributed by atoms with E-state index in [9.17, 15) is 14.7 Å². The molecule has 110 valence electrons. The van der Waals surface area contributed by atoms with Gasteiger partial charge in [-0.3, -0.25) is 9.48 Å². The molecule has 2 N–H and O–H groups in total. The largest absolute Gasteiger partial charge is 0.479 e. The second kappa shape index (κ2) is 6.17. The summed E-state index contributed by atoms with van der Waals surface area (Å²) < 4.78 is 1.51. The van der Waals surface area contributed by atoms with Crippen molar-refractivity contribution in [2.45, 2.75) is 25.4 Å². The molecule has 1 unspecified atom stereocenters. The minimum absolute atomic E-state index is 0.124. The Morgan fingerprint density at radius 3 is 2.62 bits per heavy atom. The van der Waals surface area contributed by atoms with Crippen LogP contribution in [0.4, 0.5) is 0 Å². The molecule has 1 heterocycles. The number of aromatic nitrogens is 3. The van der Waals surface area contributed by atoms with E-state index in [1.54, 1.807) is 30.3 Å². The van der Waals surface area contributed by atoms with Crippen molar-refractivity contribution in [1.82, 2.24) is 20.1 Å². The van der Waals surface area contributed by atoms with Gasteiger partial charge in [-0.05, 0) is 12.5 Å². The van der Waals surface area contributed by atoms with Crippen LogP contribution in [0.1, 0.15) is 18.9 Å². The lowest BCUT2D eigenvalue weighted by Gasteiger charge is -2.26. The molecule has 7 heteroatoms. The standard InChI is InChI=1S/C14H16N4O3/c1-14(13(20)21,11-5-3-2-4-6-11)17-12(19)7-8-18-10-15-9-16-18/h2-6,9-10H,7-8H2,1H3,(H,17,19)(H,20,21). The SMILES string of the molecule is CC(NC(=O)CCn1cncn1)(C(=O)O)c1ccccc1. The van der Waals surface area contributed by atoms with Gasteiger partial charge in [-0.1, -0.05) is 30.3 Å². The van der Waals surface area contributed by atoms with E-state index >= 15 is 0 Å². The third-order valence-electron chi connectivity index (χ3n) is 3.20. The first-order valence-corrected chi connectivity index (χ1v) is 6.45. The number of carboxylic acid groups (broad SMARTS) is 1. The minimum Gasteiger partial charge on any atom is -0.479 e. The van der Waals surface area contributed by atoms with E-state index in [4.69, 9.17) is 0 Å². The molecule has 1 amide bonds. The van der Waals surface area contributed by atoms with Gasteiger partial charge in [0.05, 0.1) is 6.54 Å². The zero-order valence-electron chi connectivity index (χ0n) is 11.6. The number of aryl methyl sites for hydroxylation is 1. The van der Waals surface area contributed by atoms with E-state index in [1.807, 2.05) is 0 Å². The summed E-state index contributed by atoms with van der Waals surface area (Å²) in [7, 11) is 0. The molecule has 0 saturated heterocycles. The molecule has 2 rings (SSSR count). The van der Waals surface area contributed by atoms with Gasteiger partial charge in [0.2, 0.25) is 5.91 Å². The van der Waals surface area contributed by atoms with Crippen LogP contribution in [0, 0.1) is 0 Å². The van der Waals surface area contributed by atoms with E-state index in [2.05, 4.69) is 15.4 Å². The predicted octanol–water partition coefficient (Wildman–Crippen LogP) is 0.784. The van der Waals surface area contributed by atoms with Crippen LogP contribution in [0.2, 0.25) is 0 Å². The average molecular weight is 288 g/mol. The molecule has 0 saturated carbocycles. The topological polar surface area (TPSA) is 97.1 Å². The first-order valence-electron chi connectivity index (χ1n) is 6.45. The van der Waals surface area contributed by atoms with Crippen LogP contribution in [0.15, 0.2) is 43.0 Å². The van der Waals surface area contributed by atoms with Gasteiger partial charge < -0.3 is 10.4 Å². The summed E-state index contributed by atoms with van der Waals surface area (Å²) >= 11 is 0. The summed E-state index contributed by atoms with van der Waals surface area (Å²) in [5.41, 5.74) is -0.938. The van der Waals surface area contributed by atoms with Crippen LogP contribution in [0.3, 0.4) is 0 Å². The van der Waals surface area contributed by atoms with Crippen LogP contribution < -0.4 is 5.32 Å². The molecule has 1 aromatic heterocycles. The maximum Gasteiger partial charge on any atom is 0.333 e. The van der Waals surface area contributed by atoms with Crippen LogP contribution in [-0.2, 0) is 21.7 Å². The summed E-state index contributed by atoms with van der Waals surface area (Å²) in [6.07, 6.45) is 3.00. The van der Waals surface area contributed by atoms with Crippen LogP contribution in [0.5, 0.6) is 0 Å². The molecule has 7 nitrogen and oxygen atoms in total. The van der Waals surface area contributed by atoms with Gasteiger partial charge in [-0.25, -0.2) is 9.78 Å². The number of hydrogen-bond acceptors (Lipinski definition) is 4. The Hall–Kier alpha value is -2.70. The summed E-state index contributed by atoms with van der Waals surface area (Å²) in [6.45, 7) is 1.81. The van der Waals surface area contributed by atoms with E-state index in [0.29, 0.717) is 12.1 Å². The van der Waals surface area contributed by atoms with Crippen molar-refractivity contribution in [2.24, 2.45) is 0 Å². The normalized spacial score (nSPS) is 13.4. The van der Waals surface area contributed by atoms with Gasteiger partial charge in [0.15, 0.2) is 5.54 Å². The highest BCUT2D eigenvalue weighted by Gasteiger charge is 2.36. The smallest absolute Gasteiger partial charge is 0.333 e. The Labute approximate surface area is 121 Å². The van der Waals surface area contributed by atoms with E-state index in [-0.39, 0.29) is 12.3 Å². The number of hydrogen-bond donors (Lipinski definition) is 2. The summed E-state index contributed by atoms with van der Waals surface area (Å²) in [5, 5.41) is 15.9. The van der Waals surface area contributed by atoms with Crippen molar-refractivity contribution in [1.29, 1.82) is 0 Å². The Kier molecular flexibility index (Phi) is 4.32. The highest BCUT2D eigenvalue weighted by atomic mass is 16.4. The Morgan fingerprint density at radius 2 is 2.05 bits per heavy atom. The Balaban J connectivity index is 2.06. The number of nitrogens with one attached hydrogen (secondary N) is 1. The van der Waals surface area contributed by atoms with Gasteiger partial charge in [-0.2, -0.15) is 5.10 Å². The zero-order valence-corrected chi connectivity index (χ0v) is 11.6. The second-order valence-electron chi connectivity index (χ2n) is 4.75. The molecule has 0 fully saturated rings. The van der Waals surface area contributed by atoms with Gasteiger partial charge in [0, 0.05) is 6.42 Å². The monoisotopic (exact) mass is 288 g/mol. The molecule has 0 spiro atoms.